The zero-order chi connectivity index (χ0) is 19.4. The summed E-state index contributed by atoms with van der Waals surface area (Å²) in [6, 6.07) is 2.13. The second-order valence-corrected chi connectivity index (χ2v) is 7.20. The molecule has 0 spiro atoms. The number of hydrogen-bond acceptors (Lipinski definition) is 4. The number of benzene rings is 1. The number of carbonyl (C=O) groups excluding carboxylic acids is 2. The molecule has 0 bridgehead atoms. The third-order valence-corrected chi connectivity index (χ3v) is 5.34. The van der Waals surface area contributed by atoms with Crippen molar-refractivity contribution in [2.24, 2.45) is 16.8 Å². The van der Waals surface area contributed by atoms with Crippen LogP contribution < -0.4 is 5.32 Å². The Morgan fingerprint density at radius 3 is 2.74 bits per heavy atom. The molecule has 1 fully saturated rings. The molecule has 2 aliphatic rings. The highest BCUT2D eigenvalue weighted by molar-refractivity contribution is 6.09. The highest BCUT2D eigenvalue weighted by atomic mass is 19.1. The molecule has 3 rings (SSSR count). The van der Waals surface area contributed by atoms with Crippen molar-refractivity contribution in [3.8, 4) is 5.75 Å². The molecule has 0 saturated heterocycles. The van der Waals surface area contributed by atoms with Crippen LogP contribution in [0.3, 0.4) is 0 Å². The Bertz CT molecular complexity index is 743. The SMILES string of the molecule is CCC1=NC(=O)NC(c2ccc(O)cc2F)C1C(=O)OCC1CCCCC1. The number of esters is 1. The molecule has 7 heteroatoms. The second kappa shape index (κ2) is 8.50. The summed E-state index contributed by atoms with van der Waals surface area (Å²) in [7, 11) is 0. The lowest BCUT2D eigenvalue weighted by Crippen LogP contribution is -2.45. The summed E-state index contributed by atoms with van der Waals surface area (Å²) in [5.41, 5.74) is 0.506. The summed E-state index contributed by atoms with van der Waals surface area (Å²) >= 11 is 0. The number of phenolic OH excluding ortho intramolecular Hbond substituents is 1. The summed E-state index contributed by atoms with van der Waals surface area (Å²) in [4.78, 5) is 28.7. The first kappa shape index (κ1) is 19.3. The highest BCUT2D eigenvalue weighted by Crippen LogP contribution is 2.32. The zero-order valence-electron chi connectivity index (χ0n) is 15.4. The van der Waals surface area contributed by atoms with E-state index in [9.17, 15) is 19.1 Å². The van der Waals surface area contributed by atoms with Crippen molar-refractivity contribution in [2.45, 2.75) is 51.5 Å². The lowest BCUT2D eigenvalue weighted by atomic mass is 9.86. The van der Waals surface area contributed by atoms with Gasteiger partial charge in [0.1, 0.15) is 17.5 Å². The number of nitrogens with one attached hydrogen (secondary N) is 1. The van der Waals surface area contributed by atoms with Crippen LogP contribution in [0.1, 0.15) is 57.1 Å². The van der Waals surface area contributed by atoms with Crippen LogP contribution >= 0.6 is 0 Å². The minimum absolute atomic E-state index is 0.126. The summed E-state index contributed by atoms with van der Waals surface area (Å²) in [6.07, 6.45) is 5.97. The van der Waals surface area contributed by atoms with Crippen molar-refractivity contribution >= 4 is 17.7 Å². The van der Waals surface area contributed by atoms with E-state index in [1.165, 1.54) is 18.6 Å². The van der Waals surface area contributed by atoms with Gasteiger partial charge < -0.3 is 15.2 Å². The molecular formula is C20H25FN2O4. The van der Waals surface area contributed by atoms with Crippen LogP contribution in [0.5, 0.6) is 5.75 Å². The van der Waals surface area contributed by atoms with Gasteiger partial charge >= 0.3 is 12.0 Å². The average Bonchev–Trinajstić information content (AvgIpc) is 2.66. The molecule has 2 atom stereocenters. The summed E-state index contributed by atoms with van der Waals surface area (Å²) in [5, 5.41) is 12.0. The normalized spacial score (nSPS) is 23.5. The fourth-order valence-corrected chi connectivity index (χ4v) is 3.88. The number of nitrogens with zero attached hydrogens (tertiary/aromatic N) is 1. The van der Waals surface area contributed by atoms with E-state index >= 15 is 0 Å². The Labute approximate surface area is 157 Å². The number of aromatic hydroxyl groups is 1. The molecular weight excluding hydrogens is 351 g/mol. The molecule has 1 aliphatic carbocycles. The Morgan fingerprint density at radius 1 is 1.33 bits per heavy atom. The topological polar surface area (TPSA) is 88.0 Å². The van der Waals surface area contributed by atoms with E-state index < -0.39 is 29.8 Å². The highest BCUT2D eigenvalue weighted by Gasteiger charge is 2.40. The first-order valence-corrected chi connectivity index (χ1v) is 9.52. The van der Waals surface area contributed by atoms with Crippen molar-refractivity contribution in [3.63, 3.8) is 0 Å². The lowest BCUT2D eigenvalue weighted by Gasteiger charge is -2.31. The number of ether oxygens (including phenoxy) is 1. The summed E-state index contributed by atoms with van der Waals surface area (Å²) in [5.74, 6) is -1.94. The Kier molecular flexibility index (Phi) is 6.08. The van der Waals surface area contributed by atoms with Crippen LogP contribution in [-0.4, -0.2) is 29.4 Å². The standard InChI is InChI=1S/C20H25FN2O4/c1-2-16-17(19(25)27-11-12-6-4-3-5-7-12)18(23-20(26)22-16)14-9-8-13(24)10-15(14)21/h8-10,12,17-18,24H,2-7,11H2,1H3,(H,23,26). The molecule has 2 N–H and O–H groups in total. The molecule has 27 heavy (non-hydrogen) atoms. The second-order valence-electron chi connectivity index (χ2n) is 7.20. The van der Waals surface area contributed by atoms with Crippen molar-refractivity contribution in [3.05, 3.63) is 29.6 Å². The first-order valence-electron chi connectivity index (χ1n) is 9.52. The molecule has 1 aromatic rings. The Hall–Kier alpha value is -2.44. The van der Waals surface area contributed by atoms with E-state index in [-0.39, 0.29) is 11.3 Å². The molecule has 0 aromatic heterocycles. The number of hydrogen-bond donors (Lipinski definition) is 2. The van der Waals surface area contributed by atoms with Crippen LogP contribution in [-0.2, 0) is 9.53 Å². The van der Waals surface area contributed by atoms with Crippen molar-refractivity contribution < 1.29 is 23.8 Å². The van der Waals surface area contributed by atoms with Gasteiger partial charge in [-0.2, -0.15) is 0 Å². The Balaban J connectivity index is 1.83. The van der Waals surface area contributed by atoms with E-state index in [0.717, 1.165) is 31.7 Å². The van der Waals surface area contributed by atoms with Gasteiger partial charge in [-0.15, -0.1) is 0 Å². The largest absolute Gasteiger partial charge is 0.508 e. The van der Waals surface area contributed by atoms with Crippen molar-refractivity contribution in [1.82, 2.24) is 5.32 Å². The van der Waals surface area contributed by atoms with Crippen molar-refractivity contribution in [1.29, 1.82) is 0 Å². The molecule has 0 radical (unpaired) electrons. The minimum Gasteiger partial charge on any atom is -0.508 e. The molecule has 2 amide bonds. The van der Waals surface area contributed by atoms with Gasteiger partial charge in [-0.25, -0.2) is 14.2 Å². The summed E-state index contributed by atoms with van der Waals surface area (Å²) < 4.78 is 20.0. The monoisotopic (exact) mass is 376 g/mol. The van der Waals surface area contributed by atoms with Crippen molar-refractivity contribution in [2.75, 3.05) is 6.61 Å². The van der Waals surface area contributed by atoms with Gasteiger partial charge in [0, 0.05) is 17.3 Å². The number of rotatable bonds is 5. The van der Waals surface area contributed by atoms with Crippen LogP contribution in [0, 0.1) is 17.7 Å². The predicted octanol–water partition coefficient (Wildman–Crippen LogP) is 3.89. The van der Waals surface area contributed by atoms with E-state index in [1.807, 2.05) is 0 Å². The molecule has 1 aromatic carbocycles. The molecule has 2 unspecified atom stereocenters. The maximum Gasteiger partial charge on any atom is 0.341 e. The van der Waals surface area contributed by atoms with E-state index in [2.05, 4.69) is 10.3 Å². The minimum atomic E-state index is -0.913. The number of amides is 2. The van der Waals surface area contributed by atoms with E-state index in [0.29, 0.717) is 24.7 Å². The average molecular weight is 376 g/mol. The van der Waals surface area contributed by atoms with Gasteiger partial charge in [0.2, 0.25) is 0 Å². The fraction of sp³-hybridized carbons (Fsp3) is 0.550. The number of carbonyl (C=O) groups is 2. The molecule has 146 valence electrons. The van der Waals surface area contributed by atoms with Gasteiger partial charge in [0.15, 0.2) is 0 Å². The number of halogens is 1. The van der Waals surface area contributed by atoms with Gasteiger partial charge in [0.25, 0.3) is 0 Å². The Morgan fingerprint density at radius 2 is 2.07 bits per heavy atom. The molecule has 6 nitrogen and oxygen atoms in total. The molecule has 1 heterocycles. The first-order chi connectivity index (χ1) is 13.0. The predicted molar refractivity (Wildman–Crippen MR) is 98.1 cm³/mol. The maximum absolute atomic E-state index is 14.4. The maximum atomic E-state index is 14.4. The van der Waals surface area contributed by atoms with E-state index in [4.69, 9.17) is 4.74 Å². The van der Waals surface area contributed by atoms with Crippen LogP contribution in [0.4, 0.5) is 9.18 Å². The quantitative estimate of drug-likeness (QED) is 0.763. The molecule has 1 aliphatic heterocycles. The third-order valence-electron chi connectivity index (χ3n) is 5.34. The third kappa shape index (κ3) is 4.46. The smallest absolute Gasteiger partial charge is 0.341 e. The number of aliphatic imine (C=N–C) groups is 1. The van der Waals surface area contributed by atoms with Gasteiger partial charge in [-0.05, 0) is 31.2 Å². The number of phenols is 1. The van der Waals surface area contributed by atoms with Gasteiger partial charge in [0.05, 0.1) is 12.6 Å². The van der Waals surface area contributed by atoms with Crippen LogP contribution in [0.25, 0.3) is 0 Å². The van der Waals surface area contributed by atoms with Gasteiger partial charge in [-0.1, -0.05) is 32.3 Å². The van der Waals surface area contributed by atoms with Crippen LogP contribution in [0.2, 0.25) is 0 Å². The fourth-order valence-electron chi connectivity index (χ4n) is 3.88. The summed E-state index contributed by atoms with van der Waals surface area (Å²) in [6.45, 7) is 2.13. The van der Waals surface area contributed by atoms with Crippen LogP contribution in [0.15, 0.2) is 23.2 Å². The molecule has 1 saturated carbocycles. The lowest BCUT2D eigenvalue weighted by molar-refractivity contribution is -0.148. The van der Waals surface area contributed by atoms with Gasteiger partial charge in [-0.3, -0.25) is 4.79 Å². The zero-order valence-corrected chi connectivity index (χ0v) is 15.4. The number of urea groups is 1. The van der Waals surface area contributed by atoms with E-state index in [1.54, 1.807) is 6.92 Å².